The van der Waals surface area contributed by atoms with E-state index in [9.17, 15) is 0 Å². The maximum atomic E-state index is 4.80. The molecule has 0 radical (unpaired) electrons. The molecule has 0 amide bonds. The van der Waals surface area contributed by atoms with Crippen LogP contribution in [0.25, 0.3) is 34.9 Å². The number of hydrogen-bond donors (Lipinski definition) is 0. The fourth-order valence-electron chi connectivity index (χ4n) is 3.36. The molecule has 4 aromatic carbocycles. The van der Waals surface area contributed by atoms with Crippen LogP contribution in [0.1, 0.15) is 18.6 Å². The van der Waals surface area contributed by atoms with Crippen molar-refractivity contribution in [3.8, 4) is 22.8 Å². The maximum Gasteiger partial charge on any atom is 0.340 e. The van der Waals surface area contributed by atoms with E-state index in [0.717, 1.165) is 22.5 Å². The van der Waals surface area contributed by atoms with Gasteiger partial charge in [0.15, 0.2) is 5.69 Å². The van der Waals surface area contributed by atoms with Crippen LogP contribution < -0.4 is 4.80 Å². The number of benzene rings is 4. The molecule has 1 heterocycles. The lowest BCUT2D eigenvalue weighted by Crippen LogP contribution is -2.43. The van der Waals surface area contributed by atoms with Gasteiger partial charge in [-0.05, 0) is 57.4 Å². The molecule has 32 heavy (non-hydrogen) atoms. The van der Waals surface area contributed by atoms with Crippen molar-refractivity contribution >= 4 is 12.2 Å². The smallest absolute Gasteiger partial charge is 0.0776 e. The lowest BCUT2D eigenvalue weighted by Gasteiger charge is -2.00. The quantitative estimate of drug-likeness (QED) is 0.259. The van der Waals surface area contributed by atoms with Crippen LogP contribution >= 0.6 is 0 Å². The highest BCUT2D eigenvalue weighted by atomic mass is 15.7. The zero-order chi connectivity index (χ0) is 20.9. The van der Waals surface area contributed by atoms with Crippen molar-refractivity contribution in [1.82, 2.24) is 15.0 Å². The molecule has 1 aromatic heterocycles. The molecule has 5 aromatic rings. The summed E-state index contributed by atoms with van der Waals surface area (Å²) in [4.78, 5) is 3.67. The van der Waals surface area contributed by atoms with Crippen LogP contribution in [0.4, 0.5) is 0 Å². The van der Waals surface area contributed by atoms with E-state index in [2.05, 4.69) is 48.6 Å². The summed E-state index contributed by atoms with van der Waals surface area (Å²) in [6, 6.07) is 38.7. The minimum atomic E-state index is 0. The van der Waals surface area contributed by atoms with Gasteiger partial charge in [0.2, 0.25) is 0 Å². The third kappa shape index (κ3) is 4.55. The lowest BCUT2D eigenvalue weighted by atomic mass is 10.1. The molecule has 0 fully saturated rings. The summed E-state index contributed by atoms with van der Waals surface area (Å²) < 4.78 is 0. The SMILES string of the molecule is C.C(=Cc1ccc(-[n+]2nc(-c3ccccc3)nn2-c2ccccc2)cc1)c1ccccc1. The van der Waals surface area contributed by atoms with Gasteiger partial charge in [0, 0.05) is 4.80 Å². The Morgan fingerprint density at radius 2 is 1.12 bits per heavy atom. The minimum Gasteiger partial charge on any atom is -0.0776 e. The van der Waals surface area contributed by atoms with Crippen molar-refractivity contribution in [2.75, 3.05) is 0 Å². The fraction of sp³-hybridized carbons (Fsp3) is 0.0357. The molecule has 0 aliphatic heterocycles. The summed E-state index contributed by atoms with van der Waals surface area (Å²) in [5, 5.41) is 9.58. The van der Waals surface area contributed by atoms with Gasteiger partial charge in [-0.15, -0.1) is 0 Å². The van der Waals surface area contributed by atoms with Gasteiger partial charge in [0.05, 0.1) is 10.7 Å². The van der Waals surface area contributed by atoms with E-state index in [-0.39, 0.29) is 7.43 Å². The Morgan fingerprint density at radius 3 is 1.75 bits per heavy atom. The van der Waals surface area contributed by atoms with Crippen molar-refractivity contribution in [3.05, 3.63) is 126 Å². The molecular formula is C28H25N4+. The molecule has 0 unspecified atom stereocenters. The van der Waals surface area contributed by atoms with Crippen molar-refractivity contribution in [2.24, 2.45) is 0 Å². The number of para-hydroxylation sites is 1. The summed E-state index contributed by atoms with van der Waals surface area (Å²) in [5.41, 5.74) is 5.17. The molecular weight excluding hydrogens is 392 g/mol. The van der Waals surface area contributed by atoms with Gasteiger partial charge < -0.3 is 0 Å². The van der Waals surface area contributed by atoms with Crippen molar-refractivity contribution in [3.63, 3.8) is 0 Å². The van der Waals surface area contributed by atoms with Gasteiger partial charge in [0.1, 0.15) is 5.69 Å². The van der Waals surface area contributed by atoms with Crippen LogP contribution in [-0.2, 0) is 0 Å². The first kappa shape index (κ1) is 20.9. The van der Waals surface area contributed by atoms with E-state index in [1.54, 1.807) is 0 Å². The highest BCUT2D eigenvalue weighted by Gasteiger charge is 2.22. The van der Waals surface area contributed by atoms with Gasteiger partial charge in [0.25, 0.3) is 0 Å². The summed E-state index contributed by atoms with van der Waals surface area (Å²) >= 11 is 0. The molecule has 0 N–H and O–H groups in total. The molecule has 0 aliphatic rings. The van der Waals surface area contributed by atoms with E-state index in [1.165, 1.54) is 5.56 Å². The normalized spacial score (nSPS) is 10.8. The monoisotopic (exact) mass is 417 g/mol. The zero-order valence-electron chi connectivity index (χ0n) is 16.9. The van der Waals surface area contributed by atoms with Gasteiger partial charge >= 0.3 is 5.82 Å². The van der Waals surface area contributed by atoms with Crippen molar-refractivity contribution in [2.45, 2.75) is 7.43 Å². The van der Waals surface area contributed by atoms with Gasteiger partial charge in [-0.3, -0.25) is 0 Å². The van der Waals surface area contributed by atoms with Gasteiger partial charge in [-0.25, -0.2) is 0 Å². The van der Waals surface area contributed by atoms with E-state index in [0.29, 0.717) is 5.82 Å². The number of tetrazole rings is 1. The topological polar surface area (TPSA) is 34.6 Å². The minimum absolute atomic E-state index is 0. The molecule has 4 heteroatoms. The van der Waals surface area contributed by atoms with E-state index < -0.39 is 0 Å². The summed E-state index contributed by atoms with van der Waals surface area (Å²) in [5.74, 6) is 0.678. The Bertz CT molecular complexity index is 1290. The van der Waals surface area contributed by atoms with E-state index >= 15 is 0 Å². The molecule has 0 bridgehead atoms. The average molecular weight is 418 g/mol. The molecule has 0 aliphatic carbocycles. The first-order valence-electron chi connectivity index (χ1n) is 10.2. The number of hydrogen-bond acceptors (Lipinski definition) is 2. The second kappa shape index (κ2) is 9.67. The molecule has 156 valence electrons. The predicted octanol–water partition coefficient (Wildman–Crippen LogP) is 6.02. The van der Waals surface area contributed by atoms with Crippen LogP contribution in [-0.4, -0.2) is 15.0 Å². The third-order valence-corrected chi connectivity index (χ3v) is 4.97. The first-order valence-corrected chi connectivity index (χ1v) is 10.2. The van der Waals surface area contributed by atoms with Crippen molar-refractivity contribution in [1.29, 1.82) is 0 Å². The Kier molecular flexibility index (Phi) is 6.33. The Hall–Kier alpha value is -4.31. The van der Waals surface area contributed by atoms with Crippen LogP contribution in [0.2, 0.25) is 0 Å². The molecule has 4 nitrogen and oxygen atoms in total. The average Bonchev–Trinajstić information content (AvgIpc) is 3.30. The predicted molar refractivity (Wildman–Crippen MR) is 130 cm³/mol. The number of aromatic nitrogens is 4. The number of nitrogens with zero attached hydrogens (tertiary/aromatic N) is 4. The Balaban J connectivity index is 0.00000245. The largest absolute Gasteiger partial charge is 0.340 e. The van der Waals surface area contributed by atoms with Gasteiger partial charge in [-0.1, -0.05) is 98.4 Å². The second-order valence-corrected chi connectivity index (χ2v) is 7.14. The molecule has 0 spiro atoms. The molecule has 0 saturated heterocycles. The van der Waals surface area contributed by atoms with Crippen LogP contribution in [0, 0.1) is 0 Å². The summed E-state index contributed by atoms with van der Waals surface area (Å²) in [7, 11) is 0. The van der Waals surface area contributed by atoms with Gasteiger partial charge in [-0.2, -0.15) is 0 Å². The van der Waals surface area contributed by atoms with E-state index in [4.69, 9.17) is 10.2 Å². The summed E-state index contributed by atoms with van der Waals surface area (Å²) in [6.07, 6.45) is 4.23. The van der Waals surface area contributed by atoms with Crippen molar-refractivity contribution < 1.29 is 4.80 Å². The summed E-state index contributed by atoms with van der Waals surface area (Å²) in [6.45, 7) is 0. The Morgan fingerprint density at radius 1 is 0.594 bits per heavy atom. The highest BCUT2D eigenvalue weighted by Crippen LogP contribution is 2.15. The molecule has 5 rings (SSSR count). The second-order valence-electron chi connectivity index (χ2n) is 7.14. The zero-order valence-corrected chi connectivity index (χ0v) is 16.9. The Labute approximate surface area is 188 Å². The van der Waals surface area contributed by atoms with Crippen LogP contribution in [0.5, 0.6) is 0 Å². The van der Waals surface area contributed by atoms with Crippen LogP contribution in [0.15, 0.2) is 115 Å². The fourth-order valence-corrected chi connectivity index (χ4v) is 3.36. The highest BCUT2D eigenvalue weighted by molar-refractivity contribution is 5.69. The number of rotatable bonds is 5. The molecule has 0 atom stereocenters. The third-order valence-electron chi connectivity index (χ3n) is 4.97. The lowest BCUT2D eigenvalue weighted by molar-refractivity contribution is -0.734. The van der Waals surface area contributed by atoms with Crippen LogP contribution in [0.3, 0.4) is 0 Å². The van der Waals surface area contributed by atoms with E-state index in [1.807, 2.05) is 88.5 Å². The standard InChI is InChI=1S/C27H21N4.CH4/c1-4-10-22(11-5-1)16-17-23-18-20-26(21-19-23)31-29-27(24-12-6-2-7-13-24)28-30(31)25-14-8-3-9-15-25;/h1-21H;1H4/q+1;. The first-order chi connectivity index (χ1) is 15.4. The molecule has 0 saturated carbocycles. The maximum absolute atomic E-state index is 4.80.